The number of benzene rings is 1. The van der Waals surface area contributed by atoms with E-state index >= 15 is 0 Å². The minimum Gasteiger partial charge on any atom is -0.495 e. The smallest absolute Gasteiger partial charge is 0.275 e. The first kappa shape index (κ1) is 14.6. The molecule has 0 aliphatic heterocycles. The average Bonchev–Trinajstić information content (AvgIpc) is 2.43. The van der Waals surface area contributed by atoms with Crippen LogP contribution in [0.5, 0.6) is 5.75 Å². The molecule has 0 bridgehead atoms. The van der Waals surface area contributed by atoms with Gasteiger partial charge in [0, 0.05) is 11.1 Å². The Morgan fingerprint density at radius 3 is 2.60 bits per heavy atom. The molecule has 20 heavy (non-hydrogen) atoms. The molecule has 0 aliphatic carbocycles. The van der Waals surface area contributed by atoms with E-state index in [2.05, 4.69) is 15.3 Å². The second-order valence-electron chi connectivity index (χ2n) is 3.98. The molecule has 0 radical (unpaired) electrons. The molecule has 2 aromatic rings. The molecular weight excluding hydrogens is 301 g/mol. The molecular formula is C13H11Cl2N3O2. The second kappa shape index (κ2) is 6.07. The van der Waals surface area contributed by atoms with Crippen molar-refractivity contribution in [3.05, 3.63) is 46.0 Å². The van der Waals surface area contributed by atoms with Crippen LogP contribution in [0.15, 0.2) is 24.5 Å². The number of hydrogen-bond acceptors (Lipinski definition) is 4. The van der Waals surface area contributed by atoms with E-state index in [1.807, 2.05) is 6.92 Å². The first-order chi connectivity index (χ1) is 9.51. The number of hydrogen-bond donors (Lipinski definition) is 1. The van der Waals surface area contributed by atoms with Crippen molar-refractivity contribution in [1.82, 2.24) is 9.97 Å². The van der Waals surface area contributed by atoms with Gasteiger partial charge in [0.05, 0.1) is 25.2 Å². The third-order valence-electron chi connectivity index (χ3n) is 2.58. The van der Waals surface area contributed by atoms with E-state index in [0.717, 1.165) is 5.56 Å². The maximum Gasteiger partial charge on any atom is 0.275 e. The summed E-state index contributed by atoms with van der Waals surface area (Å²) in [6.45, 7) is 1.83. The summed E-state index contributed by atoms with van der Waals surface area (Å²) in [5.74, 6) is 0.0602. The summed E-state index contributed by atoms with van der Waals surface area (Å²) in [5, 5.41) is 3.48. The summed E-state index contributed by atoms with van der Waals surface area (Å²) in [4.78, 5) is 19.7. The molecule has 1 amide bonds. The van der Waals surface area contributed by atoms with Gasteiger partial charge in [0.2, 0.25) is 0 Å². The lowest BCUT2D eigenvalue weighted by Crippen LogP contribution is -2.14. The molecule has 0 atom stereocenters. The predicted molar refractivity (Wildman–Crippen MR) is 77.7 cm³/mol. The zero-order valence-corrected chi connectivity index (χ0v) is 12.3. The summed E-state index contributed by atoms with van der Waals surface area (Å²) < 4.78 is 5.18. The van der Waals surface area contributed by atoms with Crippen molar-refractivity contribution in [2.75, 3.05) is 12.4 Å². The first-order valence-corrected chi connectivity index (χ1v) is 6.40. The Morgan fingerprint density at radius 1 is 1.25 bits per heavy atom. The quantitative estimate of drug-likeness (QED) is 0.944. The van der Waals surface area contributed by atoms with Crippen molar-refractivity contribution < 1.29 is 9.53 Å². The van der Waals surface area contributed by atoms with Gasteiger partial charge in [0.25, 0.3) is 5.91 Å². The van der Waals surface area contributed by atoms with Gasteiger partial charge in [-0.15, -0.1) is 0 Å². The van der Waals surface area contributed by atoms with Crippen LogP contribution < -0.4 is 10.1 Å². The van der Waals surface area contributed by atoms with Gasteiger partial charge in [-0.2, -0.15) is 0 Å². The number of halogens is 2. The lowest BCUT2D eigenvalue weighted by Gasteiger charge is -2.11. The zero-order valence-electron chi connectivity index (χ0n) is 10.8. The van der Waals surface area contributed by atoms with Gasteiger partial charge in [0.15, 0.2) is 0 Å². The van der Waals surface area contributed by atoms with Gasteiger partial charge in [-0.3, -0.25) is 4.79 Å². The van der Waals surface area contributed by atoms with Gasteiger partial charge < -0.3 is 10.1 Å². The molecule has 104 valence electrons. The van der Waals surface area contributed by atoms with Gasteiger partial charge in [-0.05, 0) is 18.6 Å². The van der Waals surface area contributed by atoms with Crippen LogP contribution in [0.4, 0.5) is 5.69 Å². The van der Waals surface area contributed by atoms with E-state index in [1.54, 1.807) is 12.1 Å². The maximum atomic E-state index is 12.0. The van der Waals surface area contributed by atoms with Crippen LogP contribution in [0.25, 0.3) is 0 Å². The van der Waals surface area contributed by atoms with Crippen molar-refractivity contribution in [3.8, 4) is 5.75 Å². The van der Waals surface area contributed by atoms with E-state index in [9.17, 15) is 4.79 Å². The Hall–Kier alpha value is -1.85. The lowest BCUT2D eigenvalue weighted by atomic mass is 10.2. The largest absolute Gasteiger partial charge is 0.495 e. The minimum absolute atomic E-state index is 0.157. The molecule has 1 heterocycles. The number of ether oxygens (including phenoxy) is 1. The third-order valence-corrected chi connectivity index (χ3v) is 3.18. The standard InChI is InChI=1S/C13H11Cl2N3O2/c1-7-3-9(11(20-2)4-8(7)14)18-13(19)10-5-17-12(15)6-16-10/h3-6H,1-2H3,(H,18,19). The number of anilines is 1. The Bertz CT molecular complexity index is 645. The summed E-state index contributed by atoms with van der Waals surface area (Å²) >= 11 is 11.6. The molecule has 0 fully saturated rings. The SMILES string of the molecule is COc1cc(Cl)c(C)cc1NC(=O)c1cnc(Cl)cn1. The lowest BCUT2D eigenvalue weighted by molar-refractivity contribution is 0.102. The third kappa shape index (κ3) is 3.18. The van der Waals surface area contributed by atoms with Gasteiger partial charge in [0.1, 0.15) is 16.6 Å². The Kier molecular flexibility index (Phi) is 4.42. The fourth-order valence-corrected chi connectivity index (χ4v) is 1.80. The molecule has 0 aliphatic rings. The highest BCUT2D eigenvalue weighted by Gasteiger charge is 2.13. The van der Waals surface area contributed by atoms with E-state index in [1.165, 1.54) is 19.5 Å². The Morgan fingerprint density at radius 2 is 2.00 bits per heavy atom. The van der Waals surface area contributed by atoms with Crippen LogP contribution in [0, 0.1) is 6.92 Å². The highest BCUT2D eigenvalue weighted by Crippen LogP contribution is 2.31. The van der Waals surface area contributed by atoms with Crippen molar-refractivity contribution >= 4 is 34.8 Å². The molecule has 0 saturated carbocycles. The summed E-state index contributed by atoms with van der Waals surface area (Å²) in [7, 11) is 1.50. The second-order valence-corrected chi connectivity index (χ2v) is 4.77. The molecule has 7 heteroatoms. The summed E-state index contributed by atoms with van der Waals surface area (Å²) in [6.07, 6.45) is 2.60. The van der Waals surface area contributed by atoms with Crippen molar-refractivity contribution in [2.24, 2.45) is 0 Å². The van der Waals surface area contributed by atoms with Crippen LogP contribution in [0.1, 0.15) is 16.1 Å². The van der Waals surface area contributed by atoms with E-state index in [-0.39, 0.29) is 10.8 Å². The molecule has 1 N–H and O–H groups in total. The van der Waals surface area contributed by atoms with Crippen LogP contribution >= 0.6 is 23.2 Å². The number of nitrogens with one attached hydrogen (secondary N) is 1. The van der Waals surface area contributed by atoms with Gasteiger partial charge >= 0.3 is 0 Å². The number of nitrogens with zero attached hydrogens (tertiary/aromatic N) is 2. The zero-order chi connectivity index (χ0) is 14.7. The van der Waals surface area contributed by atoms with Gasteiger partial charge in [-0.1, -0.05) is 23.2 Å². The fourth-order valence-electron chi connectivity index (χ4n) is 1.55. The average molecular weight is 312 g/mol. The Balaban J connectivity index is 2.27. The normalized spacial score (nSPS) is 10.2. The maximum absolute atomic E-state index is 12.0. The highest BCUT2D eigenvalue weighted by atomic mass is 35.5. The molecule has 0 spiro atoms. The van der Waals surface area contributed by atoms with Gasteiger partial charge in [-0.25, -0.2) is 9.97 Å². The molecule has 1 aromatic heterocycles. The van der Waals surface area contributed by atoms with Crippen LogP contribution in [0.2, 0.25) is 10.2 Å². The first-order valence-electron chi connectivity index (χ1n) is 5.64. The number of carbonyl (C=O) groups is 1. The number of aromatic nitrogens is 2. The molecule has 5 nitrogen and oxygen atoms in total. The number of aryl methyl sites for hydroxylation is 1. The number of rotatable bonds is 3. The summed E-state index contributed by atoms with van der Waals surface area (Å²) in [5.41, 5.74) is 1.49. The van der Waals surface area contributed by atoms with Crippen molar-refractivity contribution in [2.45, 2.75) is 6.92 Å². The van der Waals surface area contributed by atoms with Crippen molar-refractivity contribution in [1.29, 1.82) is 0 Å². The predicted octanol–water partition coefficient (Wildman–Crippen LogP) is 3.35. The van der Waals surface area contributed by atoms with Crippen molar-refractivity contribution in [3.63, 3.8) is 0 Å². The molecule has 1 aromatic carbocycles. The van der Waals surface area contributed by atoms with E-state index in [4.69, 9.17) is 27.9 Å². The number of amides is 1. The molecule has 0 unspecified atom stereocenters. The van der Waals surface area contributed by atoms with Crippen LogP contribution in [-0.4, -0.2) is 23.0 Å². The summed E-state index contributed by atoms with van der Waals surface area (Å²) in [6, 6.07) is 3.36. The Labute approximate surface area is 125 Å². The number of carbonyl (C=O) groups excluding carboxylic acids is 1. The number of methoxy groups -OCH3 is 1. The molecule has 2 rings (SSSR count). The highest BCUT2D eigenvalue weighted by molar-refractivity contribution is 6.31. The fraction of sp³-hybridized carbons (Fsp3) is 0.154. The van der Waals surface area contributed by atoms with Crippen LogP contribution in [0.3, 0.4) is 0 Å². The van der Waals surface area contributed by atoms with E-state index in [0.29, 0.717) is 16.5 Å². The van der Waals surface area contributed by atoms with Crippen LogP contribution in [-0.2, 0) is 0 Å². The topological polar surface area (TPSA) is 64.1 Å². The minimum atomic E-state index is -0.408. The molecule has 0 saturated heterocycles. The van der Waals surface area contributed by atoms with E-state index < -0.39 is 5.91 Å². The monoisotopic (exact) mass is 311 g/mol.